The molecule has 1 saturated heterocycles. The van der Waals surface area contributed by atoms with Crippen LogP contribution in [0, 0.1) is 13.8 Å². The lowest BCUT2D eigenvalue weighted by atomic mass is 9.92. The first-order valence-electron chi connectivity index (χ1n) is 15.1. The molecule has 6 heterocycles. The number of pyridine rings is 3. The van der Waals surface area contributed by atoms with Gasteiger partial charge in [0.25, 0.3) is 0 Å². The van der Waals surface area contributed by atoms with Gasteiger partial charge in [-0.3, -0.25) is 15.0 Å². The van der Waals surface area contributed by atoms with Crippen molar-refractivity contribution < 1.29 is 4.74 Å². The summed E-state index contributed by atoms with van der Waals surface area (Å²) in [6.07, 6.45) is 7.52. The molecular formula is C36H33N7O. The molecule has 0 aliphatic carbocycles. The van der Waals surface area contributed by atoms with Crippen molar-refractivity contribution in [3.63, 3.8) is 0 Å². The SMILES string of the molecule is CC1=C(c2ccc3nc(C)cc(Nc4ccc(-c5nc6ccc(Nc7ccnc(C)c7)cc6[nH]5)nc4)c3c2)C[C@H]2CC[C@@H]1O2. The molecule has 2 aromatic carbocycles. The number of benzene rings is 2. The summed E-state index contributed by atoms with van der Waals surface area (Å²) in [7, 11) is 0. The third-order valence-electron chi connectivity index (χ3n) is 8.74. The van der Waals surface area contributed by atoms with Crippen LogP contribution in [-0.4, -0.2) is 37.1 Å². The first-order chi connectivity index (χ1) is 21.4. The number of hydrogen-bond acceptors (Lipinski definition) is 7. The Labute approximate surface area is 255 Å². The smallest absolute Gasteiger partial charge is 0.157 e. The third-order valence-corrected chi connectivity index (χ3v) is 8.74. The topological polar surface area (TPSA) is 101 Å². The summed E-state index contributed by atoms with van der Waals surface area (Å²) in [5.74, 6) is 0.729. The molecule has 2 aliphatic rings. The van der Waals surface area contributed by atoms with E-state index in [-0.39, 0.29) is 6.10 Å². The number of anilines is 4. The van der Waals surface area contributed by atoms with E-state index in [2.05, 4.69) is 57.9 Å². The van der Waals surface area contributed by atoms with E-state index >= 15 is 0 Å². The number of imidazole rings is 1. The number of rotatable bonds is 6. The summed E-state index contributed by atoms with van der Waals surface area (Å²) in [4.78, 5) is 22.1. The minimum atomic E-state index is 0.264. The van der Waals surface area contributed by atoms with Gasteiger partial charge in [-0.1, -0.05) is 6.07 Å². The lowest BCUT2D eigenvalue weighted by Gasteiger charge is -2.26. The molecule has 8 nitrogen and oxygen atoms in total. The van der Waals surface area contributed by atoms with Gasteiger partial charge in [0, 0.05) is 40.0 Å². The van der Waals surface area contributed by atoms with Gasteiger partial charge in [-0.2, -0.15) is 0 Å². The van der Waals surface area contributed by atoms with E-state index in [1.807, 2.05) is 56.4 Å². The first kappa shape index (κ1) is 26.5. The number of ether oxygens (including phenoxy) is 1. The molecule has 2 atom stereocenters. The quantitative estimate of drug-likeness (QED) is 0.182. The Morgan fingerprint density at radius 3 is 2.50 bits per heavy atom. The first-order valence-corrected chi connectivity index (χ1v) is 15.1. The maximum atomic E-state index is 6.16. The molecule has 0 spiro atoms. The summed E-state index contributed by atoms with van der Waals surface area (Å²) >= 11 is 0. The number of nitrogens with one attached hydrogen (secondary N) is 3. The maximum Gasteiger partial charge on any atom is 0.157 e. The highest BCUT2D eigenvalue weighted by molar-refractivity contribution is 5.95. The van der Waals surface area contributed by atoms with Crippen LogP contribution in [-0.2, 0) is 4.74 Å². The second-order valence-electron chi connectivity index (χ2n) is 11.9. The zero-order valence-corrected chi connectivity index (χ0v) is 25.0. The third kappa shape index (κ3) is 4.97. The average Bonchev–Trinajstić information content (AvgIpc) is 3.63. The van der Waals surface area contributed by atoms with Crippen LogP contribution in [0.5, 0.6) is 0 Å². The highest BCUT2D eigenvalue weighted by Crippen LogP contribution is 2.41. The number of hydrogen-bond donors (Lipinski definition) is 3. The molecule has 6 aromatic rings. The second kappa shape index (κ2) is 10.6. The van der Waals surface area contributed by atoms with E-state index in [4.69, 9.17) is 19.7 Å². The molecule has 3 N–H and O–H groups in total. The van der Waals surface area contributed by atoms with Crippen molar-refractivity contribution in [2.45, 2.75) is 52.2 Å². The number of fused-ring (bicyclic) bond motifs is 4. The summed E-state index contributed by atoms with van der Waals surface area (Å²) < 4.78 is 6.16. The van der Waals surface area contributed by atoms with Gasteiger partial charge in [-0.25, -0.2) is 4.98 Å². The van der Waals surface area contributed by atoms with Crippen molar-refractivity contribution in [3.05, 3.63) is 102 Å². The minimum absolute atomic E-state index is 0.264. The van der Waals surface area contributed by atoms with Crippen LogP contribution < -0.4 is 10.6 Å². The van der Waals surface area contributed by atoms with Crippen molar-refractivity contribution >= 4 is 50.3 Å². The molecular weight excluding hydrogens is 546 g/mol. The largest absolute Gasteiger partial charge is 0.370 e. The molecule has 2 aliphatic heterocycles. The highest BCUT2D eigenvalue weighted by atomic mass is 16.5. The summed E-state index contributed by atoms with van der Waals surface area (Å²) in [6, 6.07) is 22.8. The molecule has 0 saturated carbocycles. The van der Waals surface area contributed by atoms with Crippen molar-refractivity contribution in [1.29, 1.82) is 0 Å². The van der Waals surface area contributed by atoms with E-state index in [0.29, 0.717) is 6.10 Å². The zero-order valence-electron chi connectivity index (χ0n) is 25.0. The van der Waals surface area contributed by atoms with Gasteiger partial charge in [-0.05, 0) is 117 Å². The lowest BCUT2D eigenvalue weighted by molar-refractivity contribution is 0.0599. The summed E-state index contributed by atoms with van der Waals surface area (Å²) in [5, 5.41) is 8.15. The van der Waals surface area contributed by atoms with Crippen LogP contribution in [0.2, 0.25) is 0 Å². The second-order valence-corrected chi connectivity index (χ2v) is 11.9. The predicted octanol–water partition coefficient (Wildman–Crippen LogP) is 8.40. The maximum absolute atomic E-state index is 6.16. The predicted molar refractivity (Wildman–Crippen MR) is 176 cm³/mol. The Kier molecular flexibility index (Phi) is 6.38. The molecule has 1 fully saturated rings. The van der Waals surface area contributed by atoms with Crippen LogP contribution >= 0.6 is 0 Å². The number of aromatic nitrogens is 5. The van der Waals surface area contributed by atoms with Gasteiger partial charge >= 0.3 is 0 Å². The minimum Gasteiger partial charge on any atom is -0.370 e. The molecule has 8 heteroatoms. The van der Waals surface area contributed by atoms with E-state index in [9.17, 15) is 0 Å². The van der Waals surface area contributed by atoms with Crippen molar-refractivity contribution in [2.24, 2.45) is 0 Å². The number of aryl methyl sites for hydroxylation is 2. The van der Waals surface area contributed by atoms with Crippen molar-refractivity contribution in [3.8, 4) is 11.5 Å². The zero-order chi connectivity index (χ0) is 29.8. The Morgan fingerprint density at radius 1 is 0.773 bits per heavy atom. The van der Waals surface area contributed by atoms with Gasteiger partial charge in [0.15, 0.2) is 5.82 Å². The summed E-state index contributed by atoms with van der Waals surface area (Å²) in [6.45, 7) is 6.24. The monoisotopic (exact) mass is 579 g/mol. The van der Waals surface area contributed by atoms with Gasteiger partial charge in [0.1, 0.15) is 5.69 Å². The van der Waals surface area contributed by atoms with Crippen molar-refractivity contribution in [1.82, 2.24) is 24.9 Å². The van der Waals surface area contributed by atoms with E-state index in [1.165, 1.54) is 16.7 Å². The Morgan fingerprint density at radius 2 is 1.64 bits per heavy atom. The molecule has 8 rings (SSSR count). The normalized spacial score (nSPS) is 17.9. The Balaban J connectivity index is 1.05. The number of nitrogens with zero attached hydrogens (tertiary/aromatic N) is 4. The van der Waals surface area contributed by atoms with Gasteiger partial charge in [-0.15, -0.1) is 0 Å². The molecule has 44 heavy (non-hydrogen) atoms. The van der Waals surface area contributed by atoms with Crippen LogP contribution in [0.25, 0.3) is 39.0 Å². The van der Waals surface area contributed by atoms with Crippen LogP contribution in [0.4, 0.5) is 22.7 Å². The molecule has 2 bridgehead atoms. The molecule has 4 aromatic heterocycles. The fourth-order valence-corrected chi connectivity index (χ4v) is 6.51. The average molecular weight is 580 g/mol. The van der Waals surface area contributed by atoms with Crippen LogP contribution in [0.1, 0.15) is 43.1 Å². The Bertz CT molecular complexity index is 2080. The molecule has 218 valence electrons. The van der Waals surface area contributed by atoms with Gasteiger partial charge < -0.3 is 20.4 Å². The standard InChI is InChI=1S/C36H33N7O/c1-20-14-25(12-13-37-20)40-24-5-9-31-34(17-24)43-36(42-31)32-10-6-26(19-38-32)41-33-15-21(2)39-30-8-4-23(16-29(30)33)28-18-27-7-11-35(44-27)22(28)3/h4-6,8-10,12-17,19,27,35H,7,11,18H2,1-3H3,(H,37,40)(H,39,41)(H,42,43)/t27-,35+/m1/s1. The van der Waals surface area contributed by atoms with E-state index in [1.54, 1.807) is 6.20 Å². The Hall–Kier alpha value is -5.08. The van der Waals surface area contributed by atoms with Crippen molar-refractivity contribution in [2.75, 3.05) is 10.6 Å². The molecule has 0 unspecified atom stereocenters. The number of aromatic amines is 1. The lowest BCUT2D eigenvalue weighted by Crippen LogP contribution is -2.19. The van der Waals surface area contributed by atoms with Crippen LogP contribution in [0.15, 0.2) is 84.7 Å². The van der Waals surface area contributed by atoms with E-state index in [0.717, 1.165) is 86.9 Å². The van der Waals surface area contributed by atoms with E-state index < -0.39 is 0 Å². The van der Waals surface area contributed by atoms with Gasteiger partial charge in [0.2, 0.25) is 0 Å². The highest BCUT2D eigenvalue weighted by Gasteiger charge is 2.33. The van der Waals surface area contributed by atoms with Crippen LogP contribution in [0.3, 0.4) is 0 Å². The fraction of sp³-hybridized carbons (Fsp3) is 0.222. The fourth-order valence-electron chi connectivity index (χ4n) is 6.51. The van der Waals surface area contributed by atoms with Gasteiger partial charge in [0.05, 0.1) is 40.6 Å². The molecule has 0 amide bonds. The summed E-state index contributed by atoms with van der Waals surface area (Å²) in [5.41, 5.74) is 13.5. The molecule has 0 radical (unpaired) electrons. The number of H-pyrrole nitrogens is 1.